The van der Waals surface area contributed by atoms with E-state index in [4.69, 9.17) is 4.55 Å². The minimum absolute atomic E-state index is 0.0551. The normalized spacial score (nSPS) is 26.2. The SMILES string of the molecule is CC(=O)NNC(=O)C1CC(C)(C)C2CN1C(=O)N2OS(=O)(=O)O. The van der Waals surface area contributed by atoms with Crippen LogP contribution in [0.25, 0.3) is 0 Å². The number of rotatable bonds is 3. The highest BCUT2D eigenvalue weighted by atomic mass is 32.3. The third-order valence-corrected chi connectivity index (χ3v) is 4.27. The average molecular weight is 350 g/mol. The Bertz CT molecular complexity index is 647. The first-order valence-electron chi connectivity index (χ1n) is 6.75. The zero-order chi connectivity index (χ0) is 17.6. The number of hydroxylamine groups is 2. The summed E-state index contributed by atoms with van der Waals surface area (Å²) in [6.07, 6.45) is 0.222. The standard InChI is InChI=1S/C11H18N4O7S/c1-6(16)12-13-9(17)7-4-11(2,3)8-5-14(7)10(18)15(8)22-23(19,20)21/h7-8H,4-5H2,1-3H3,(H,12,16)(H,13,17)(H,19,20,21). The third kappa shape index (κ3) is 3.54. The smallest absolute Gasteiger partial charge is 0.309 e. The molecule has 0 aliphatic carbocycles. The molecule has 0 saturated carbocycles. The Morgan fingerprint density at radius 1 is 1.35 bits per heavy atom. The van der Waals surface area contributed by atoms with E-state index < -0.39 is 45.7 Å². The molecule has 4 amide bonds. The largest absolute Gasteiger partial charge is 0.418 e. The Hall–Kier alpha value is -1.92. The van der Waals surface area contributed by atoms with Gasteiger partial charge < -0.3 is 4.90 Å². The molecule has 12 heteroatoms. The van der Waals surface area contributed by atoms with Crippen LogP contribution in [-0.2, 0) is 24.3 Å². The summed E-state index contributed by atoms with van der Waals surface area (Å²) in [7, 11) is -4.87. The number of fused-ring (bicyclic) bond motifs is 2. The number of hydrazine groups is 1. The Labute approximate surface area is 132 Å². The van der Waals surface area contributed by atoms with Crippen LogP contribution in [0.4, 0.5) is 4.79 Å². The van der Waals surface area contributed by atoms with Gasteiger partial charge in [0.25, 0.3) is 5.91 Å². The summed E-state index contributed by atoms with van der Waals surface area (Å²) >= 11 is 0. The van der Waals surface area contributed by atoms with Crippen molar-refractivity contribution in [2.45, 2.75) is 39.3 Å². The van der Waals surface area contributed by atoms with E-state index in [2.05, 4.69) is 15.1 Å². The van der Waals surface area contributed by atoms with E-state index in [1.165, 1.54) is 6.92 Å². The molecule has 0 aromatic rings. The second kappa shape index (κ2) is 5.62. The Morgan fingerprint density at radius 2 is 1.96 bits per heavy atom. The number of amides is 4. The summed E-state index contributed by atoms with van der Waals surface area (Å²) in [5.41, 5.74) is 3.67. The van der Waals surface area contributed by atoms with Crippen LogP contribution in [0.5, 0.6) is 0 Å². The summed E-state index contributed by atoms with van der Waals surface area (Å²) in [6, 6.07) is -2.40. The van der Waals surface area contributed by atoms with Crippen molar-refractivity contribution in [1.29, 1.82) is 0 Å². The van der Waals surface area contributed by atoms with Crippen LogP contribution in [0, 0.1) is 5.41 Å². The van der Waals surface area contributed by atoms with E-state index in [1.54, 1.807) is 13.8 Å². The highest BCUT2D eigenvalue weighted by molar-refractivity contribution is 7.80. The molecule has 3 N–H and O–H groups in total. The fourth-order valence-corrected chi connectivity index (χ4v) is 3.19. The lowest BCUT2D eigenvalue weighted by Crippen LogP contribution is -2.57. The van der Waals surface area contributed by atoms with Crippen LogP contribution < -0.4 is 10.9 Å². The van der Waals surface area contributed by atoms with E-state index in [0.29, 0.717) is 5.06 Å². The maximum atomic E-state index is 12.3. The van der Waals surface area contributed by atoms with E-state index >= 15 is 0 Å². The second-order valence-corrected chi connectivity index (χ2v) is 7.16. The Morgan fingerprint density at radius 3 is 2.48 bits per heavy atom. The van der Waals surface area contributed by atoms with Gasteiger partial charge in [-0.1, -0.05) is 13.8 Å². The Kier molecular flexibility index (Phi) is 4.26. The van der Waals surface area contributed by atoms with Crippen LogP contribution >= 0.6 is 0 Å². The lowest BCUT2D eigenvalue weighted by Gasteiger charge is -2.40. The summed E-state index contributed by atoms with van der Waals surface area (Å²) in [6.45, 7) is 4.75. The summed E-state index contributed by atoms with van der Waals surface area (Å²) in [5, 5.41) is 0.570. The molecule has 2 fully saturated rings. The summed E-state index contributed by atoms with van der Waals surface area (Å²) in [4.78, 5) is 36.5. The molecule has 2 aliphatic rings. The van der Waals surface area contributed by atoms with E-state index in [0.717, 1.165) is 4.90 Å². The first-order chi connectivity index (χ1) is 10.4. The van der Waals surface area contributed by atoms with E-state index in [9.17, 15) is 22.8 Å². The number of urea groups is 1. The van der Waals surface area contributed by atoms with Gasteiger partial charge in [0, 0.05) is 13.5 Å². The number of nitrogens with one attached hydrogen (secondary N) is 2. The second-order valence-electron chi connectivity index (χ2n) is 6.16. The topological polar surface area (TPSA) is 145 Å². The quantitative estimate of drug-likeness (QED) is 0.428. The van der Waals surface area contributed by atoms with Gasteiger partial charge in [0.1, 0.15) is 6.04 Å². The van der Waals surface area contributed by atoms with Crippen molar-refractivity contribution in [3.8, 4) is 0 Å². The first-order valence-corrected chi connectivity index (χ1v) is 8.12. The molecule has 130 valence electrons. The number of hydrogen-bond acceptors (Lipinski definition) is 6. The summed E-state index contributed by atoms with van der Waals surface area (Å²) in [5.74, 6) is -1.08. The monoisotopic (exact) mass is 350 g/mol. The van der Waals surface area contributed by atoms with Crippen molar-refractivity contribution in [2.24, 2.45) is 5.41 Å². The van der Waals surface area contributed by atoms with E-state index in [-0.39, 0.29) is 13.0 Å². The van der Waals surface area contributed by atoms with Crippen LogP contribution in [0.1, 0.15) is 27.2 Å². The third-order valence-electron chi connectivity index (χ3n) is 3.92. The lowest BCUT2D eigenvalue weighted by molar-refractivity contribution is -0.132. The zero-order valence-electron chi connectivity index (χ0n) is 12.8. The number of piperidine rings is 1. The highest BCUT2D eigenvalue weighted by Crippen LogP contribution is 2.42. The average Bonchev–Trinajstić information content (AvgIpc) is 2.66. The minimum Gasteiger partial charge on any atom is -0.309 e. The molecule has 0 aromatic heterocycles. The van der Waals surface area contributed by atoms with Crippen molar-refractivity contribution in [3.63, 3.8) is 0 Å². The molecule has 2 atom stereocenters. The minimum atomic E-state index is -4.87. The van der Waals surface area contributed by atoms with Crippen molar-refractivity contribution < 1.29 is 31.6 Å². The number of carbonyl (C=O) groups excluding carboxylic acids is 3. The van der Waals surface area contributed by atoms with Gasteiger partial charge >= 0.3 is 16.4 Å². The number of carbonyl (C=O) groups is 3. The molecule has 0 aromatic carbocycles. The lowest BCUT2D eigenvalue weighted by atomic mass is 9.76. The predicted molar refractivity (Wildman–Crippen MR) is 74.5 cm³/mol. The maximum absolute atomic E-state index is 12.3. The van der Waals surface area contributed by atoms with Gasteiger partial charge in [0.05, 0.1) is 6.04 Å². The molecule has 2 rings (SSSR count). The molecular formula is C11H18N4O7S. The van der Waals surface area contributed by atoms with Gasteiger partial charge in [-0.15, -0.1) is 4.28 Å². The zero-order valence-corrected chi connectivity index (χ0v) is 13.6. The van der Waals surface area contributed by atoms with Gasteiger partial charge in [-0.25, -0.2) is 4.79 Å². The van der Waals surface area contributed by atoms with Crippen LogP contribution in [0.15, 0.2) is 0 Å². The van der Waals surface area contributed by atoms with Crippen molar-refractivity contribution in [3.05, 3.63) is 0 Å². The van der Waals surface area contributed by atoms with Gasteiger partial charge in [0.2, 0.25) is 5.91 Å². The highest BCUT2D eigenvalue weighted by Gasteiger charge is 2.56. The number of hydrogen-bond donors (Lipinski definition) is 3. The molecule has 2 aliphatic heterocycles. The Balaban J connectivity index is 2.24. The van der Waals surface area contributed by atoms with Crippen LogP contribution in [-0.4, -0.2) is 59.4 Å². The van der Waals surface area contributed by atoms with Gasteiger partial charge in [-0.05, 0) is 11.8 Å². The number of nitrogens with zero attached hydrogens (tertiary/aromatic N) is 2. The fourth-order valence-electron chi connectivity index (χ4n) is 2.82. The maximum Gasteiger partial charge on any atom is 0.418 e. The van der Waals surface area contributed by atoms with Crippen molar-refractivity contribution >= 4 is 28.2 Å². The molecule has 2 unspecified atom stereocenters. The molecule has 0 radical (unpaired) electrons. The van der Waals surface area contributed by atoms with Gasteiger partial charge in [-0.2, -0.15) is 13.5 Å². The predicted octanol–water partition coefficient (Wildman–Crippen LogP) is -1.21. The molecule has 0 spiro atoms. The molecule has 2 saturated heterocycles. The van der Waals surface area contributed by atoms with Crippen molar-refractivity contribution in [1.82, 2.24) is 20.8 Å². The molecule has 23 heavy (non-hydrogen) atoms. The van der Waals surface area contributed by atoms with Gasteiger partial charge in [0.15, 0.2) is 0 Å². The first kappa shape index (κ1) is 17.4. The van der Waals surface area contributed by atoms with Crippen molar-refractivity contribution in [2.75, 3.05) is 6.54 Å². The van der Waals surface area contributed by atoms with E-state index in [1.807, 2.05) is 0 Å². The molecule has 2 heterocycles. The van der Waals surface area contributed by atoms with Gasteiger partial charge in [-0.3, -0.25) is 25.0 Å². The fraction of sp³-hybridized carbons (Fsp3) is 0.727. The van der Waals surface area contributed by atoms with Crippen LogP contribution in [0.2, 0.25) is 0 Å². The molecule has 11 nitrogen and oxygen atoms in total. The molecule has 2 bridgehead atoms. The summed E-state index contributed by atoms with van der Waals surface area (Å²) < 4.78 is 35.0. The van der Waals surface area contributed by atoms with Crippen LogP contribution in [0.3, 0.4) is 0 Å². The molecular weight excluding hydrogens is 332 g/mol.